The average Bonchev–Trinajstić information content (AvgIpc) is 3.77. The Bertz CT molecular complexity index is 3760. The smallest absolute Gasteiger partial charge is 0.137 e. The minimum atomic E-state index is 0.859. The monoisotopic (exact) mass is 839 g/mol. The number of benzene rings is 12. The molecule has 66 heavy (non-hydrogen) atoms. The van der Waals surface area contributed by atoms with Gasteiger partial charge in [0.1, 0.15) is 11.2 Å². The van der Waals surface area contributed by atoms with Crippen LogP contribution in [0.5, 0.6) is 0 Å². The maximum atomic E-state index is 6.50. The molecule has 12 aromatic carbocycles. The van der Waals surface area contributed by atoms with Gasteiger partial charge in [-0.2, -0.15) is 0 Å². The van der Waals surface area contributed by atoms with Gasteiger partial charge in [-0.15, -0.1) is 0 Å². The minimum Gasteiger partial charge on any atom is -0.456 e. The van der Waals surface area contributed by atoms with Crippen LogP contribution in [0.1, 0.15) is 0 Å². The lowest BCUT2D eigenvalue weighted by Gasteiger charge is -2.26. The molecule has 0 saturated carbocycles. The molecular formula is C64H41NO. The van der Waals surface area contributed by atoms with Crippen LogP contribution in [-0.2, 0) is 0 Å². The zero-order valence-corrected chi connectivity index (χ0v) is 36.0. The third-order valence-corrected chi connectivity index (χ3v) is 13.4. The maximum Gasteiger partial charge on any atom is 0.137 e. The van der Waals surface area contributed by atoms with Crippen molar-refractivity contribution in [3.63, 3.8) is 0 Å². The summed E-state index contributed by atoms with van der Waals surface area (Å²) in [5, 5.41) is 12.2. The quantitative estimate of drug-likeness (QED) is 0.149. The Hall–Kier alpha value is -8.72. The highest BCUT2D eigenvalue weighted by molar-refractivity contribution is 6.23. The van der Waals surface area contributed by atoms with Crippen LogP contribution in [-0.4, -0.2) is 0 Å². The van der Waals surface area contributed by atoms with Crippen LogP contribution in [0, 0.1) is 0 Å². The molecule has 2 heteroatoms. The fraction of sp³-hybridized carbons (Fsp3) is 0. The molecule has 0 N–H and O–H groups in total. The second-order valence-electron chi connectivity index (χ2n) is 17.1. The third kappa shape index (κ3) is 6.11. The molecule has 1 heterocycles. The number of hydrogen-bond donors (Lipinski definition) is 0. The highest BCUT2D eigenvalue weighted by Gasteiger charge is 2.22. The van der Waals surface area contributed by atoms with Crippen LogP contribution in [0.2, 0.25) is 0 Å². The predicted octanol–water partition coefficient (Wildman–Crippen LogP) is 18.3. The Morgan fingerprint density at radius 2 is 0.515 bits per heavy atom. The Balaban J connectivity index is 1.00. The molecule has 0 atom stereocenters. The van der Waals surface area contributed by atoms with Gasteiger partial charge in [0.25, 0.3) is 0 Å². The summed E-state index contributed by atoms with van der Waals surface area (Å²) in [6.45, 7) is 0. The molecule has 0 amide bonds. The molecular weight excluding hydrogens is 799 g/mol. The van der Waals surface area contributed by atoms with E-state index >= 15 is 0 Å². The molecule has 13 aromatic rings. The Morgan fingerprint density at radius 1 is 0.212 bits per heavy atom. The number of para-hydroxylation sites is 1. The summed E-state index contributed by atoms with van der Waals surface area (Å²) in [6.07, 6.45) is 0. The molecule has 0 spiro atoms. The fourth-order valence-electron chi connectivity index (χ4n) is 10.5. The number of fused-ring (bicyclic) bond motifs is 9. The molecule has 13 rings (SSSR count). The first-order chi connectivity index (χ1) is 32.8. The zero-order chi connectivity index (χ0) is 43.6. The van der Waals surface area contributed by atoms with Crippen LogP contribution in [0.3, 0.4) is 0 Å². The number of furan rings is 1. The predicted molar refractivity (Wildman–Crippen MR) is 280 cm³/mol. The molecule has 1 aromatic heterocycles. The van der Waals surface area contributed by atoms with Gasteiger partial charge in [0.05, 0.1) is 0 Å². The molecule has 0 saturated heterocycles. The second-order valence-corrected chi connectivity index (χ2v) is 17.1. The van der Waals surface area contributed by atoms with Crippen molar-refractivity contribution in [3.8, 4) is 44.5 Å². The van der Waals surface area contributed by atoms with Crippen molar-refractivity contribution in [3.05, 3.63) is 249 Å². The molecule has 308 valence electrons. The molecule has 0 bridgehead atoms. The Labute approximate surface area is 382 Å². The minimum absolute atomic E-state index is 0.859. The Kier molecular flexibility index (Phi) is 8.89. The van der Waals surface area contributed by atoms with E-state index in [1.807, 2.05) is 12.1 Å². The fourth-order valence-corrected chi connectivity index (χ4v) is 10.5. The highest BCUT2D eigenvalue weighted by Crippen LogP contribution is 2.48. The maximum absolute atomic E-state index is 6.50. The van der Waals surface area contributed by atoms with Crippen LogP contribution >= 0.6 is 0 Å². The van der Waals surface area contributed by atoms with Gasteiger partial charge in [-0.1, -0.05) is 200 Å². The van der Waals surface area contributed by atoms with E-state index in [0.29, 0.717) is 0 Å². The molecule has 0 unspecified atom stereocenters. The first-order valence-electron chi connectivity index (χ1n) is 22.7. The average molecular weight is 840 g/mol. The van der Waals surface area contributed by atoms with E-state index in [4.69, 9.17) is 4.42 Å². The summed E-state index contributed by atoms with van der Waals surface area (Å²) >= 11 is 0. The van der Waals surface area contributed by atoms with Crippen molar-refractivity contribution < 1.29 is 4.42 Å². The summed E-state index contributed by atoms with van der Waals surface area (Å²) in [5.74, 6) is 0. The summed E-state index contributed by atoms with van der Waals surface area (Å²) in [5.41, 5.74) is 14.6. The lowest BCUT2D eigenvalue weighted by molar-refractivity contribution is 0.669. The van der Waals surface area contributed by atoms with Gasteiger partial charge in [-0.05, 0) is 130 Å². The van der Waals surface area contributed by atoms with Crippen molar-refractivity contribution in [2.75, 3.05) is 4.90 Å². The van der Waals surface area contributed by atoms with Gasteiger partial charge in [0.2, 0.25) is 0 Å². The van der Waals surface area contributed by atoms with Gasteiger partial charge in [0.15, 0.2) is 0 Å². The van der Waals surface area contributed by atoms with Crippen molar-refractivity contribution in [2.24, 2.45) is 0 Å². The van der Waals surface area contributed by atoms with Crippen molar-refractivity contribution in [1.29, 1.82) is 0 Å². The Morgan fingerprint density at radius 3 is 0.924 bits per heavy atom. The normalized spacial score (nSPS) is 11.6. The van der Waals surface area contributed by atoms with Crippen LogP contribution in [0.25, 0.3) is 110 Å². The standard InChI is InChI=1S/C64H41NO/c1-3-17-42(18-4-1)61-55-26-11-7-21-49(55)51-23-9-13-28-57(51)63(61)44-31-35-46(36-32-44)65(48-39-40-54-53-25-15-16-30-59(53)66-60(54)41-48)47-37-33-45(34-38-47)64-58-29-14-10-24-52(58)50-22-8-12-27-56(50)62(64)43-19-5-2-6-20-43/h1-41H. The first kappa shape index (κ1) is 37.8. The van der Waals surface area contributed by atoms with E-state index in [-0.39, 0.29) is 0 Å². The van der Waals surface area contributed by atoms with Gasteiger partial charge in [0, 0.05) is 33.9 Å². The summed E-state index contributed by atoms with van der Waals surface area (Å²) in [6, 6.07) is 90.2. The van der Waals surface area contributed by atoms with Gasteiger partial charge < -0.3 is 9.32 Å². The van der Waals surface area contributed by atoms with Crippen molar-refractivity contribution in [2.45, 2.75) is 0 Å². The van der Waals surface area contributed by atoms with Gasteiger partial charge >= 0.3 is 0 Å². The molecule has 0 aliphatic carbocycles. The summed E-state index contributed by atoms with van der Waals surface area (Å²) < 4.78 is 6.50. The molecule has 0 aliphatic rings. The zero-order valence-electron chi connectivity index (χ0n) is 36.0. The topological polar surface area (TPSA) is 16.4 Å². The van der Waals surface area contributed by atoms with E-state index in [1.54, 1.807) is 0 Å². The van der Waals surface area contributed by atoms with E-state index in [2.05, 4.69) is 241 Å². The lowest BCUT2D eigenvalue weighted by atomic mass is 9.85. The van der Waals surface area contributed by atoms with E-state index < -0.39 is 0 Å². The van der Waals surface area contributed by atoms with Gasteiger partial charge in [-0.3, -0.25) is 0 Å². The summed E-state index contributed by atoms with van der Waals surface area (Å²) in [4.78, 5) is 2.35. The molecule has 0 aliphatic heterocycles. The van der Waals surface area contributed by atoms with E-state index in [0.717, 1.165) is 39.0 Å². The largest absolute Gasteiger partial charge is 0.456 e. The van der Waals surface area contributed by atoms with E-state index in [1.165, 1.54) is 87.6 Å². The number of nitrogens with zero attached hydrogens (tertiary/aromatic N) is 1. The molecule has 0 fully saturated rings. The number of anilines is 3. The number of hydrogen-bond acceptors (Lipinski definition) is 2. The van der Waals surface area contributed by atoms with Crippen molar-refractivity contribution >= 4 is 82.1 Å². The number of rotatable bonds is 7. The van der Waals surface area contributed by atoms with Crippen LogP contribution < -0.4 is 4.90 Å². The first-order valence-corrected chi connectivity index (χ1v) is 22.7. The highest BCUT2D eigenvalue weighted by atomic mass is 16.3. The summed E-state index contributed by atoms with van der Waals surface area (Å²) in [7, 11) is 0. The van der Waals surface area contributed by atoms with E-state index in [9.17, 15) is 0 Å². The lowest BCUT2D eigenvalue weighted by Crippen LogP contribution is -2.09. The second kappa shape index (κ2) is 15.5. The molecule has 2 nitrogen and oxygen atoms in total. The van der Waals surface area contributed by atoms with Crippen LogP contribution in [0.15, 0.2) is 253 Å². The molecule has 0 radical (unpaired) electrons. The van der Waals surface area contributed by atoms with Crippen molar-refractivity contribution in [1.82, 2.24) is 0 Å². The third-order valence-electron chi connectivity index (χ3n) is 13.4. The SMILES string of the molecule is c1ccc(-c2c(-c3ccc(N(c4ccc(-c5c(-c6ccccc6)c6ccccc6c6ccccc56)cc4)c4ccc5c(c4)oc4ccccc45)cc3)c3ccccc3c3ccccc23)cc1. The van der Waals surface area contributed by atoms with Crippen LogP contribution in [0.4, 0.5) is 17.1 Å². The van der Waals surface area contributed by atoms with Gasteiger partial charge in [-0.25, -0.2) is 0 Å².